The number of halogens is 1. The van der Waals surface area contributed by atoms with E-state index < -0.39 is 0 Å². The molecule has 1 aromatic carbocycles. The maximum Gasteiger partial charge on any atom is 0.271 e. The minimum Gasteiger partial charge on any atom is -0.379 e. The Hall–Kier alpha value is -2.25. The number of H-pyrrole nitrogens is 1. The Morgan fingerprint density at radius 1 is 1.21 bits per heavy atom. The van der Waals surface area contributed by atoms with Crippen LogP contribution in [0, 0.1) is 18.7 Å². The molecule has 6 nitrogen and oxygen atoms in total. The molecule has 1 N–H and O–H groups in total. The minimum atomic E-state index is -0.240. The lowest BCUT2D eigenvalue weighted by Crippen LogP contribution is -2.44. The summed E-state index contributed by atoms with van der Waals surface area (Å²) >= 11 is 0. The van der Waals surface area contributed by atoms with Crippen molar-refractivity contribution in [2.75, 3.05) is 45.9 Å². The van der Waals surface area contributed by atoms with Crippen LogP contribution in [0.1, 0.15) is 28.9 Å². The molecule has 28 heavy (non-hydrogen) atoms. The van der Waals surface area contributed by atoms with Gasteiger partial charge >= 0.3 is 0 Å². The van der Waals surface area contributed by atoms with Gasteiger partial charge in [-0.1, -0.05) is 0 Å². The van der Waals surface area contributed by atoms with Crippen LogP contribution in [-0.4, -0.2) is 71.8 Å². The molecule has 0 radical (unpaired) electrons. The zero-order valence-electron chi connectivity index (χ0n) is 16.3. The van der Waals surface area contributed by atoms with Crippen molar-refractivity contribution < 1.29 is 13.9 Å². The number of benzene rings is 1. The fourth-order valence-electron chi connectivity index (χ4n) is 4.02. The van der Waals surface area contributed by atoms with Crippen molar-refractivity contribution in [3.63, 3.8) is 0 Å². The number of nitrogens with one attached hydrogen (secondary N) is 1. The second-order valence-corrected chi connectivity index (χ2v) is 7.78. The molecule has 1 amide bonds. The van der Waals surface area contributed by atoms with Crippen LogP contribution in [0.25, 0.3) is 11.3 Å². The Balaban J connectivity index is 1.34. The van der Waals surface area contributed by atoms with Gasteiger partial charge in [-0.15, -0.1) is 0 Å². The number of hydrogen-bond donors (Lipinski definition) is 1. The number of morpholine rings is 1. The van der Waals surface area contributed by atoms with E-state index in [0.29, 0.717) is 22.9 Å². The van der Waals surface area contributed by atoms with E-state index in [1.807, 2.05) is 4.90 Å². The predicted octanol–water partition coefficient (Wildman–Crippen LogP) is 2.71. The van der Waals surface area contributed by atoms with Gasteiger partial charge < -0.3 is 9.64 Å². The molecule has 7 heteroatoms. The van der Waals surface area contributed by atoms with E-state index in [4.69, 9.17) is 4.74 Å². The van der Waals surface area contributed by atoms with E-state index in [9.17, 15) is 9.18 Å². The normalized spacial score (nSPS) is 19.1. The van der Waals surface area contributed by atoms with Crippen molar-refractivity contribution in [2.24, 2.45) is 5.92 Å². The number of aromatic amines is 1. The molecule has 2 saturated heterocycles. The molecule has 2 aliphatic heterocycles. The van der Waals surface area contributed by atoms with Crippen LogP contribution in [0.2, 0.25) is 0 Å². The average Bonchev–Trinajstić information content (AvgIpc) is 3.21. The summed E-state index contributed by atoms with van der Waals surface area (Å²) in [6.07, 6.45) is 2.06. The number of amides is 1. The number of piperidine rings is 1. The second kappa shape index (κ2) is 8.41. The summed E-state index contributed by atoms with van der Waals surface area (Å²) < 4.78 is 18.9. The second-order valence-electron chi connectivity index (χ2n) is 7.78. The van der Waals surface area contributed by atoms with E-state index in [1.165, 1.54) is 6.07 Å². The highest BCUT2D eigenvalue weighted by Gasteiger charge is 2.26. The highest BCUT2D eigenvalue weighted by atomic mass is 19.1. The summed E-state index contributed by atoms with van der Waals surface area (Å²) in [6, 6.07) is 6.62. The van der Waals surface area contributed by atoms with Gasteiger partial charge in [0.1, 0.15) is 11.5 Å². The number of carbonyl (C=O) groups excluding carboxylic acids is 1. The maximum atomic E-state index is 13.5. The van der Waals surface area contributed by atoms with Gasteiger partial charge in [0.25, 0.3) is 5.91 Å². The smallest absolute Gasteiger partial charge is 0.271 e. The molecule has 2 fully saturated rings. The number of hydrogen-bond acceptors (Lipinski definition) is 4. The fraction of sp³-hybridized carbons (Fsp3) is 0.524. The first-order valence-corrected chi connectivity index (χ1v) is 10.0. The fourth-order valence-corrected chi connectivity index (χ4v) is 4.02. The van der Waals surface area contributed by atoms with Crippen molar-refractivity contribution in [3.8, 4) is 11.3 Å². The number of rotatable bonds is 4. The Morgan fingerprint density at radius 2 is 1.96 bits per heavy atom. The van der Waals surface area contributed by atoms with Crippen molar-refractivity contribution in [1.29, 1.82) is 0 Å². The van der Waals surface area contributed by atoms with E-state index >= 15 is 0 Å². The van der Waals surface area contributed by atoms with Gasteiger partial charge in [-0.2, -0.15) is 5.10 Å². The van der Waals surface area contributed by atoms with Crippen LogP contribution in [0.15, 0.2) is 24.3 Å². The van der Waals surface area contributed by atoms with Gasteiger partial charge in [-0.05, 0) is 55.5 Å². The molecule has 150 valence electrons. The molecule has 0 bridgehead atoms. The third-order valence-electron chi connectivity index (χ3n) is 5.78. The quantitative estimate of drug-likeness (QED) is 0.878. The number of nitrogens with zero attached hydrogens (tertiary/aromatic N) is 3. The maximum absolute atomic E-state index is 13.5. The van der Waals surface area contributed by atoms with Crippen LogP contribution in [-0.2, 0) is 4.74 Å². The van der Waals surface area contributed by atoms with Gasteiger partial charge in [0.05, 0.1) is 18.9 Å². The van der Waals surface area contributed by atoms with Gasteiger partial charge in [-0.3, -0.25) is 14.8 Å². The van der Waals surface area contributed by atoms with Gasteiger partial charge in [0, 0.05) is 38.3 Å². The number of likely N-dealkylation sites (tertiary alicyclic amines) is 1. The van der Waals surface area contributed by atoms with Gasteiger partial charge in [0.15, 0.2) is 0 Å². The summed E-state index contributed by atoms with van der Waals surface area (Å²) in [7, 11) is 0. The Morgan fingerprint density at radius 3 is 2.68 bits per heavy atom. The first kappa shape index (κ1) is 19.1. The third kappa shape index (κ3) is 4.25. The van der Waals surface area contributed by atoms with E-state index in [1.54, 1.807) is 25.1 Å². The summed E-state index contributed by atoms with van der Waals surface area (Å²) in [5.74, 6) is 0.389. The molecular formula is C21H27FN4O2. The standard InChI is InChI=1S/C21H27FN4O2/c1-15-12-17(2-3-18(15)22)19-13-20(24-23-19)21(27)26-6-4-16(5-7-26)14-25-8-10-28-11-9-25/h2-3,12-13,16H,4-11,14H2,1H3,(H,23,24). The molecule has 0 aliphatic carbocycles. The van der Waals surface area contributed by atoms with Crippen LogP contribution >= 0.6 is 0 Å². The Bertz CT molecular complexity index is 824. The van der Waals surface area contributed by atoms with Gasteiger partial charge in [0.2, 0.25) is 0 Å². The molecule has 3 heterocycles. The largest absolute Gasteiger partial charge is 0.379 e. The summed E-state index contributed by atoms with van der Waals surface area (Å²) in [6.45, 7) is 8.05. The zero-order chi connectivity index (χ0) is 19.5. The number of aromatic nitrogens is 2. The Kier molecular flexibility index (Phi) is 5.73. The van der Waals surface area contributed by atoms with Crippen LogP contribution < -0.4 is 0 Å². The molecule has 0 saturated carbocycles. The van der Waals surface area contributed by atoms with Gasteiger partial charge in [-0.25, -0.2) is 4.39 Å². The van der Waals surface area contributed by atoms with E-state index in [2.05, 4.69) is 15.1 Å². The molecule has 0 spiro atoms. The van der Waals surface area contributed by atoms with Crippen molar-refractivity contribution in [1.82, 2.24) is 20.0 Å². The first-order chi connectivity index (χ1) is 13.6. The van der Waals surface area contributed by atoms with Crippen LogP contribution in [0.5, 0.6) is 0 Å². The summed E-state index contributed by atoms with van der Waals surface area (Å²) in [5.41, 5.74) is 2.52. The lowest BCUT2D eigenvalue weighted by atomic mass is 9.95. The first-order valence-electron chi connectivity index (χ1n) is 10.0. The number of carbonyl (C=O) groups is 1. The average molecular weight is 386 g/mol. The molecule has 2 aromatic rings. The lowest BCUT2D eigenvalue weighted by Gasteiger charge is -2.35. The van der Waals surface area contributed by atoms with E-state index in [0.717, 1.165) is 64.3 Å². The molecule has 1 aromatic heterocycles. The third-order valence-corrected chi connectivity index (χ3v) is 5.78. The Labute approximate surface area is 164 Å². The SMILES string of the molecule is Cc1cc(-c2cc(C(=O)N3CCC(CN4CCOCC4)CC3)[nH]n2)ccc1F. The highest BCUT2D eigenvalue weighted by molar-refractivity contribution is 5.93. The monoisotopic (exact) mass is 386 g/mol. The summed E-state index contributed by atoms with van der Waals surface area (Å²) in [4.78, 5) is 17.2. The van der Waals surface area contributed by atoms with Crippen molar-refractivity contribution in [2.45, 2.75) is 19.8 Å². The molecule has 0 unspecified atom stereocenters. The van der Waals surface area contributed by atoms with Crippen molar-refractivity contribution >= 4 is 5.91 Å². The zero-order valence-corrected chi connectivity index (χ0v) is 16.3. The summed E-state index contributed by atoms with van der Waals surface area (Å²) in [5, 5.41) is 7.11. The topological polar surface area (TPSA) is 61.5 Å². The molecule has 4 rings (SSSR count). The van der Waals surface area contributed by atoms with Crippen molar-refractivity contribution in [3.05, 3.63) is 41.3 Å². The molecular weight excluding hydrogens is 359 g/mol. The molecule has 0 atom stereocenters. The lowest BCUT2D eigenvalue weighted by molar-refractivity contribution is 0.0242. The van der Waals surface area contributed by atoms with Crippen LogP contribution in [0.4, 0.5) is 4.39 Å². The number of aryl methyl sites for hydroxylation is 1. The van der Waals surface area contributed by atoms with Crippen LogP contribution in [0.3, 0.4) is 0 Å². The minimum absolute atomic E-state index is 0.0117. The molecule has 2 aliphatic rings. The highest BCUT2D eigenvalue weighted by Crippen LogP contribution is 2.23. The van der Waals surface area contributed by atoms with E-state index in [-0.39, 0.29) is 11.7 Å². The number of ether oxygens (including phenoxy) is 1. The predicted molar refractivity (Wildman–Crippen MR) is 105 cm³/mol.